The summed E-state index contributed by atoms with van der Waals surface area (Å²) in [5, 5.41) is 9.65. The minimum absolute atomic E-state index is 0.321. The van der Waals surface area contributed by atoms with Crippen LogP contribution < -0.4 is 0 Å². The van der Waals surface area contributed by atoms with Crippen molar-refractivity contribution in [3.05, 3.63) is 0 Å². The third-order valence-corrected chi connectivity index (χ3v) is 3.12. The van der Waals surface area contributed by atoms with Gasteiger partial charge in [0.05, 0.1) is 6.10 Å². The SMILES string of the molecule is O[C@@H]1CCCO[C@H]1OC1CCCCC1. The molecular formula is C11H20O3. The van der Waals surface area contributed by atoms with Crippen molar-refractivity contribution in [3.8, 4) is 0 Å². The van der Waals surface area contributed by atoms with Gasteiger partial charge in [0.15, 0.2) is 6.29 Å². The molecular weight excluding hydrogens is 180 g/mol. The summed E-state index contributed by atoms with van der Waals surface area (Å²) in [6, 6.07) is 0. The molecule has 1 saturated carbocycles. The Hall–Kier alpha value is -0.120. The van der Waals surface area contributed by atoms with Crippen molar-refractivity contribution in [2.24, 2.45) is 0 Å². The molecule has 1 aliphatic carbocycles. The van der Waals surface area contributed by atoms with E-state index in [-0.39, 0.29) is 6.29 Å². The maximum Gasteiger partial charge on any atom is 0.183 e. The first-order valence-electron chi connectivity index (χ1n) is 5.81. The molecule has 3 heteroatoms. The quantitative estimate of drug-likeness (QED) is 0.739. The molecule has 1 saturated heterocycles. The van der Waals surface area contributed by atoms with Crippen LogP contribution in [0.3, 0.4) is 0 Å². The van der Waals surface area contributed by atoms with Gasteiger partial charge < -0.3 is 14.6 Å². The maximum atomic E-state index is 9.65. The van der Waals surface area contributed by atoms with Gasteiger partial charge in [-0.2, -0.15) is 0 Å². The summed E-state index contributed by atoms with van der Waals surface area (Å²) in [5.74, 6) is 0. The Morgan fingerprint density at radius 1 is 1.00 bits per heavy atom. The second-order valence-corrected chi connectivity index (χ2v) is 4.34. The lowest BCUT2D eigenvalue weighted by Gasteiger charge is -2.32. The number of aliphatic hydroxyl groups excluding tert-OH is 1. The van der Waals surface area contributed by atoms with Crippen LogP contribution in [0.1, 0.15) is 44.9 Å². The van der Waals surface area contributed by atoms with E-state index in [1.807, 2.05) is 0 Å². The summed E-state index contributed by atoms with van der Waals surface area (Å²) < 4.78 is 11.2. The number of hydrogen-bond acceptors (Lipinski definition) is 3. The van der Waals surface area contributed by atoms with Crippen LogP contribution in [-0.4, -0.2) is 30.2 Å². The molecule has 1 aliphatic heterocycles. The maximum absolute atomic E-state index is 9.65. The summed E-state index contributed by atoms with van der Waals surface area (Å²) in [5.41, 5.74) is 0. The highest BCUT2D eigenvalue weighted by atomic mass is 16.7. The fourth-order valence-electron chi connectivity index (χ4n) is 2.26. The van der Waals surface area contributed by atoms with Crippen LogP contribution in [0.4, 0.5) is 0 Å². The molecule has 14 heavy (non-hydrogen) atoms. The van der Waals surface area contributed by atoms with Crippen molar-refractivity contribution in [1.29, 1.82) is 0 Å². The van der Waals surface area contributed by atoms with Gasteiger partial charge in [0.2, 0.25) is 0 Å². The van der Waals surface area contributed by atoms with Gasteiger partial charge >= 0.3 is 0 Å². The number of hydrogen-bond donors (Lipinski definition) is 1. The van der Waals surface area contributed by atoms with Gasteiger partial charge in [0, 0.05) is 6.61 Å². The Kier molecular flexibility index (Phi) is 3.79. The fraction of sp³-hybridized carbons (Fsp3) is 1.00. The van der Waals surface area contributed by atoms with Gasteiger partial charge in [-0.1, -0.05) is 19.3 Å². The van der Waals surface area contributed by atoms with Gasteiger partial charge in [-0.25, -0.2) is 0 Å². The molecule has 0 aromatic rings. The first-order chi connectivity index (χ1) is 6.86. The first-order valence-corrected chi connectivity index (χ1v) is 5.81. The van der Waals surface area contributed by atoms with Crippen LogP contribution >= 0.6 is 0 Å². The minimum atomic E-state index is -0.411. The summed E-state index contributed by atoms with van der Waals surface area (Å²) in [7, 11) is 0. The van der Waals surface area contributed by atoms with Crippen LogP contribution in [-0.2, 0) is 9.47 Å². The Morgan fingerprint density at radius 2 is 1.79 bits per heavy atom. The van der Waals surface area contributed by atoms with E-state index in [9.17, 15) is 5.11 Å². The molecule has 0 spiro atoms. The zero-order valence-corrected chi connectivity index (χ0v) is 8.65. The predicted molar refractivity (Wildman–Crippen MR) is 52.9 cm³/mol. The highest BCUT2D eigenvalue weighted by molar-refractivity contribution is 4.71. The van der Waals surface area contributed by atoms with E-state index in [1.54, 1.807) is 0 Å². The van der Waals surface area contributed by atoms with Crippen LogP contribution in [0.2, 0.25) is 0 Å². The van der Waals surface area contributed by atoms with Gasteiger partial charge in [0.25, 0.3) is 0 Å². The van der Waals surface area contributed by atoms with Gasteiger partial charge in [0.1, 0.15) is 6.10 Å². The smallest absolute Gasteiger partial charge is 0.183 e. The van der Waals surface area contributed by atoms with Crippen molar-refractivity contribution < 1.29 is 14.6 Å². The summed E-state index contributed by atoms with van der Waals surface area (Å²) >= 11 is 0. The van der Waals surface area contributed by atoms with Gasteiger partial charge in [-0.05, 0) is 25.7 Å². The molecule has 2 aliphatic rings. The highest BCUT2D eigenvalue weighted by Crippen LogP contribution is 2.24. The zero-order chi connectivity index (χ0) is 9.80. The van der Waals surface area contributed by atoms with Crippen molar-refractivity contribution in [1.82, 2.24) is 0 Å². The highest BCUT2D eigenvalue weighted by Gasteiger charge is 2.28. The van der Waals surface area contributed by atoms with Crippen LogP contribution in [0, 0.1) is 0 Å². The number of ether oxygens (including phenoxy) is 2. The average Bonchev–Trinajstić information content (AvgIpc) is 2.23. The van der Waals surface area contributed by atoms with E-state index in [1.165, 1.54) is 19.3 Å². The minimum Gasteiger partial charge on any atom is -0.388 e. The lowest BCUT2D eigenvalue weighted by molar-refractivity contribution is -0.237. The average molecular weight is 200 g/mol. The summed E-state index contributed by atoms with van der Waals surface area (Å²) in [6.07, 6.45) is 7.43. The Labute approximate surface area is 85.4 Å². The second-order valence-electron chi connectivity index (χ2n) is 4.34. The Bertz CT molecular complexity index is 166. The van der Waals surface area contributed by atoms with Crippen LogP contribution in [0.15, 0.2) is 0 Å². The molecule has 0 aromatic carbocycles. The van der Waals surface area contributed by atoms with E-state index in [2.05, 4.69) is 0 Å². The molecule has 0 amide bonds. The van der Waals surface area contributed by atoms with E-state index in [0.29, 0.717) is 6.10 Å². The number of rotatable bonds is 2. The molecule has 0 unspecified atom stereocenters. The third-order valence-electron chi connectivity index (χ3n) is 3.12. The second kappa shape index (κ2) is 5.10. The predicted octanol–water partition coefficient (Wildman–Crippen LogP) is 1.83. The molecule has 2 fully saturated rings. The molecule has 82 valence electrons. The lowest BCUT2D eigenvalue weighted by atomic mass is 9.97. The fourth-order valence-corrected chi connectivity index (χ4v) is 2.26. The summed E-state index contributed by atoms with van der Waals surface area (Å²) in [6.45, 7) is 0.731. The Morgan fingerprint density at radius 3 is 2.50 bits per heavy atom. The molecule has 1 N–H and O–H groups in total. The largest absolute Gasteiger partial charge is 0.388 e. The molecule has 3 nitrogen and oxygen atoms in total. The molecule has 2 rings (SSSR count). The molecule has 0 radical (unpaired) electrons. The molecule has 1 heterocycles. The van der Waals surface area contributed by atoms with Crippen molar-refractivity contribution in [2.45, 2.75) is 63.4 Å². The standard InChI is InChI=1S/C11H20O3/c12-10-7-4-8-13-11(10)14-9-5-2-1-3-6-9/h9-12H,1-8H2/t10-,11+/m1/s1. The zero-order valence-electron chi connectivity index (χ0n) is 8.65. The van der Waals surface area contributed by atoms with E-state index in [4.69, 9.17) is 9.47 Å². The van der Waals surface area contributed by atoms with Crippen molar-refractivity contribution in [3.63, 3.8) is 0 Å². The topological polar surface area (TPSA) is 38.7 Å². The van der Waals surface area contributed by atoms with Crippen LogP contribution in [0.5, 0.6) is 0 Å². The van der Waals surface area contributed by atoms with Gasteiger partial charge in [-0.3, -0.25) is 0 Å². The monoisotopic (exact) mass is 200 g/mol. The molecule has 0 aromatic heterocycles. The molecule has 0 bridgehead atoms. The third kappa shape index (κ3) is 2.69. The van der Waals surface area contributed by atoms with Crippen LogP contribution in [0.25, 0.3) is 0 Å². The van der Waals surface area contributed by atoms with E-state index >= 15 is 0 Å². The van der Waals surface area contributed by atoms with Gasteiger partial charge in [-0.15, -0.1) is 0 Å². The summed E-state index contributed by atoms with van der Waals surface area (Å²) in [4.78, 5) is 0. The normalized spacial score (nSPS) is 35.8. The van der Waals surface area contributed by atoms with Crippen molar-refractivity contribution in [2.75, 3.05) is 6.61 Å². The number of aliphatic hydroxyl groups is 1. The molecule has 2 atom stereocenters. The first kappa shape index (κ1) is 10.4. The van der Waals surface area contributed by atoms with E-state index < -0.39 is 6.10 Å². The Balaban J connectivity index is 1.76. The lowest BCUT2D eigenvalue weighted by Crippen LogP contribution is -2.39. The van der Waals surface area contributed by atoms with E-state index in [0.717, 1.165) is 32.3 Å². The van der Waals surface area contributed by atoms with Crippen molar-refractivity contribution >= 4 is 0 Å².